The number of carbonyl (C=O) groups excluding carboxylic acids is 1. The number of carboxylic acids is 1. The maximum Gasteiger partial charge on any atom is 0.307 e. The number of nitrogens with zero attached hydrogens (tertiary/aromatic N) is 1. The zero-order valence-corrected chi connectivity index (χ0v) is 20.1. The van der Waals surface area contributed by atoms with Gasteiger partial charge in [-0.1, -0.05) is 40.0 Å². The quantitative estimate of drug-likeness (QED) is 0.470. The van der Waals surface area contributed by atoms with Crippen LogP contribution in [0.2, 0.25) is 0 Å². The van der Waals surface area contributed by atoms with Gasteiger partial charge in [-0.2, -0.15) is 0 Å². The Hall–Kier alpha value is -2.08. The van der Waals surface area contributed by atoms with E-state index in [4.69, 9.17) is 0 Å². The van der Waals surface area contributed by atoms with Gasteiger partial charge in [-0.3, -0.25) is 9.59 Å². The third-order valence-electron chi connectivity index (χ3n) is 6.25. The van der Waals surface area contributed by atoms with Gasteiger partial charge in [0.05, 0.1) is 23.9 Å². The molecule has 0 fully saturated rings. The molecule has 0 saturated carbocycles. The number of unbranched alkanes of at least 4 members (excludes halogenated alkanes) is 3. The number of fused-ring (bicyclic) bond motifs is 1. The van der Waals surface area contributed by atoms with E-state index in [1.54, 1.807) is 0 Å². The largest absolute Gasteiger partial charge is 0.481 e. The van der Waals surface area contributed by atoms with Crippen molar-refractivity contribution >= 4 is 23.3 Å². The number of nitrogens with one attached hydrogen (secondary N) is 1. The molecular weight excluding hydrogens is 392 g/mol. The Morgan fingerprint density at radius 1 is 1.10 bits per heavy atom. The number of carboxylic acid groups (broad SMARTS) is 1. The molecule has 0 radical (unpaired) electrons. The lowest BCUT2D eigenvalue weighted by molar-refractivity contribution is -0.136. The smallest absolute Gasteiger partial charge is 0.307 e. The van der Waals surface area contributed by atoms with Crippen LogP contribution in [0.25, 0.3) is 0 Å². The van der Waals surface area contributed by atoms with Crippen LogP contribution in [0.4, 0.5) is 11.4 Å². The molecule has 0 aromatic heterocycles. The molecule has 31 heavy (non-hydrogen) atoms. The zero-order chi connectivity index (χ0) is 23.3. The second kappa shape index (κ2) is 10.5. The third-order valence-corrected chi connectivity index (χ3v) is 6.25. The van der Waals surface area contributed by atoms with Crippen molar-refractivity contribution in [2.75, 3.05) is 23.3 Å². The van der Waals surface area contributed by atoms with Gasteiger partial charge in [0.2, 0.25) is 5.91 Å². The zero-order valence-electron chi connectivity index (χ0n) is 20.1. The van der Waals surface area contributed by atoms with Gasteiger partial charge >= 0.3 is 5.97 Å². The number of rotatable bonds is 10. The lowest BCUT2D eigenvalue weighted by Gasteiger charge is -2.28. The number of hydrogen-bond acceptors (Lipinski definition) is 4. The molecule has 1 atom stereocenters. The minimum Gasteiger partial charge on any atom is -0.481 e. The molecule has 0 aliphatic carbocycles. The molecule has 0 saturated heterocycles. The minimum absolute atomic E-state index is 0.0351. The maximum absolute atomic E-state index is 12.8. The van der Waals surface area contributed by atoms with Crippen molar-refractivity contribution in [3.8, 4) is 0 Å². The highest BCUT2D eigenvalue weighted by Crippen LogP contribution is 2.43. The fraction of sp³-hybridized carbons (Fsp3) is 0.680. The van der Waals surface area contributed by atoms with E-state index in [-0.39, 0.29) is 18.4 Å². The average Bonchev–Trinajstić information content (AvgIpc) is 3.07. The van der Waals surface area contributed by atoms with Crippen molar-refractivity contribution in [3.05, 3.63) is 22.3 Å². The van der Waals surface area contributed by atoms with Crippen molar-refractivity contribution in [3.63, 3.8) is 0 Å². The summed E-state index contributed by atoms with van der Waals surface area (Å²) in [6.07, 6.45) is 5.76. The normalized spacial score (nSPS) is 14.5. The molecule has 1 heterocycles. The second-order valence-electron chi connectivity index (χ2n) is 9.99. The Balaban J connectivity index is 2.29. The molecule has 1 aliphatic rings. The van der Waals surface area contributed by atoms with Gasteiger partial charge in [0.15, 0.2) is 0 Å². The highest BCUT2D eigenvalue weighted by molar-refractivity contribution is 6.00. The number of hydrogen-bond donors (Lipinski definition) is 3. The molecule has 1 aliphatic heterocycles. The molecule has 1 aromatic rings. The molecule has 0 spiro atoms. The summed E-state index contributed by atoms with van der Waals surface area (Å²) in [4.78, 5) is 26.7. The molecular formula is C25H40N2O4. The van der Waals surface area contributed by atoms with Gasteiger partial charge in [0.25, 0.3) is 0 Å². The van der Waals surface area contributed by atoms with E-state index in [0.717, 1.165) is 79.7 Å². The number of aliphatic hydroxyl groups excluding tert-OH is 1. The lowest BCUT2D eigenvalue weighted by Crippen LogP contribution is -2.30. The van der Waals surface area contributed by atoms with E-state index in [1.165, 1.54) is 5.56 Å². The Morgan fingerprint density at radius 2 is 1.74 bits per heavy atom. The van der Waals surface area contributed by atoms with Crippen molar-refractivity contribution in [2.24, 2.45) is 5.41 Å². The molecule has 3 N–H and O–H groups in total. The van der Waals surface area contributed by atoms with Crippen LogP contribution in [0, 0.1) is 19.3 Å². The predicted octanol–water partition coefficient (Wildman–Crippen LogP) is 4.61. The van der Waals surface area contributed by atoms with Crippen LogP contribution in [0.5, 0.6) is 0 Å². The van der Waals surface area contributed by atoms with E-state index in [9.17, 15) is 19.8 Å². The summed E-state index contributed by atoms with van der Waals surface area (Å²) in [5.41, 5.74) is 5.21. The van der Waals surface area contributed by atoms with Crippen molar-refractivity contribution in [1.82, 2.24) is 0 Å². The summed E-state index contributed by atoms with van der Waals surface area (Å²) < 4.78 is 0. The van der Waals surface area contributed by atoms with Crippen LogP contribution in [-0.4, -0.2) is 41.3 Å². The van der Waals surface area contributed by atoms with Crippen LogP contribution in [0.3, 0.4) is 0 Å². The van der Waals surface area contributed by atoms with Gasteiger partial charge < -0.3 is 20.4 Å². The molecule has 1 unspecified atom stereocenters. The molecule has 6 heteroatoms. The molecule has 1 amide bonds. The summed E-state index contributed by atoms with van der Waals surface area (Å²) >= 11 is 0. The number of benzene rings is 1. The van der Waals surface area contributed by atoms with Crippen molar-refractivity contribution in [2.45, 2.75) is 92.6 Å². The Labute approximate surface area is 187 Å². The topological polar surface area (TPSA) is 89.9 Å². The van der Waals surface area contributed by atoms with E-state index in [1.807, 2.05) is 41.5 Å². The Morgan fingerprint density at radius 3 is 2.32 bits per heavy atom. The predicted molar refractivity (Wildman–Crippen MR) is 126 cm³/mol. The van der Waals surface area contributed by atoms with Crippen LogP contribution in [0.1, 0.15) is 82.1 Å². The van der Waals surface area contributed by atoms with Gasteiger partial charge in [0, 0.05) is 18.5 Å². The van der Waals surface area contributed by atoms with Crippen LogP contribution in [0.15, 0.2) is 0 Å². The molecule has 0 bridgehead atoms. The van der Waals surface area contributed by atoms with Gasteiger partial charge in [0.1, 0.15) is 0 Å². The number of aliphatic hydroxyl groups is 1. The van der Waals surface area contributed by atoms with Gasteiger partial charge in [-0.25, -0.2) is 0 Å². The SMILES string of the molecule is Cc1c(CC(=O)O)c(C)c(NC(=O)C(C)(C)C)c2c1CCN2CCCCCCC(C)O. The summed E-state index contributed by atoms with van der Waals surface area (Å²) in [6.45, 7) is 13.2. The van der Waals surface area contributed by atoms with E-state index in [0.29, 0.717) is 0 Å². The molecule has 6 nitrogen and oxygen atoms in total. The lowest BCUT2D eigenvalue weighted by atomic mass is 9.90. The third kappa shape index (κ3) is 6.45. The highest BCUT2D eigenvalue weighted by Gasteiger charge is 2.31. The maximum atomic E-state index is 12.8. The van der Waals surface area contributed by atoms with E-state index < -0.39 is 11.4 Å². The van der Waals surface area contributed by atoms with Crippen molar-refractivity contribution < 1.29 is 19.8 Å². The standard InChI is InChI=1S/C25H40N2O4/c1-16(28)11-9-7-8-10-13-27-14-12-19-17(2)20(15-21(29)30)18(3)22(23(19)27)26-24(31)25(4,5)6/h16,28H,7-15H2,1-6H3,(H,26,31)(H,29,30). The number of carbonyl (C=O) groups is 2. The summed E-state index contributed by atoms with van der Waals surface area (Å²) in [5, 5.41) is 22.0. The van der Waals surface area contributed by atoms with E-state index >= 15 is 0 Å². The first-order chi connectivity index (χ1) is 14.4. The first kappa shape index (κ1) is 25.2. The minimum atomic E-state index is -0.855. The highest BCUT2D eigenvalue weighted by atomic mass is 16.4. The number of anilines is 2. The summed E-state index contributed by atoms with van der Waals surface area (Å²) in [5.74, 6) is -0.917. The fourth-order valence-corrected chi connectivity index (χ4v) is 4.32. The monoisotopic (exact) mass is 432 g/mol. The molecule has 1 aromatic carbocycles. The van der Waals surface area contributed by atoms with Crippen LogP contribution < -0.4 is 10.2 Å². The van der Waals surface area contributed by atoms with Gasteiger partial charge in [-0.05, 0) is 62.3 Å². The fourth-order valence-electron chi connectivity index (χ4n) is 4.32. The first-order valence-corrected chi connectivity index (χ1v) is 11.5. The second-order valence-corrected chi connectivity index (χ2v) is 9.99. The average molecular weight is 433 g/mol. The van der Waals surface area contributed by atoms with Crippen molar-refractivity contribution in [1.29, 1.82) is 0 Å². The Kier molecular flexibility index (Phi) is 8.52. The first-order valence-electron chi connectivity index (χ1n) is 11.5. The van der Waals surface area contributed by atoms with Crippen LogP contribution in [-0.2, 0) is 22.4 Å². The molecule has 174 valence electrons. The Bertz CT molecular complexity index is 809. The summed E-state index contributed by atoms with van der Waals surface area (Å²) in [6, 6.07) is 0. The van der Waals surface area contributed by atoms with Crippen LogP contribution >= 0.6 is 0 Å². The molecule has 2 rings (SSSR count). The summed E-state index contributed by atoms with van der Waals surface area (Å²) in [7, 11) is 0. The number of amides is 1. The van der Waals surface area contributed by atoms with Gasteiger partial charge in [-0.15, -0.1) is 0 Å². The van der Waals surface area contributed by atoms with E-state index in [2.05, 4.69) is 10.2 Å². The number of aliphatic carboxylic acids is 1.